The summed E-state index contributed by atoms with van der Waals surface area (Å²) in [7, 11) is 0. The molecule has 1 aromatic carbocycles. The standard InChI is InChI=1S/C14H13N3O2S/c1-8-4-3-5-10(13(8)18)14-16-11(17-19-14)6-12-15-9(2)7-20-12/h3-5,7,18H,6H2,1-2H3. The Bertz CT molecular complexity index is 748. The first-order valence-corrected chi connectivity index (χ1v) is 7.04. The molecule has 0 atom stereocenters. The Morgan fingerprint density at radius 3 is 2.85 bits per heavy atom. The number of hydrogen-bond donors (Lipinski definition) is 1. The Hall–Kier alpha value is -2.21. The molecule has 0 saturated carbocycles. The van der Waals surface area contributed by atoms with Crippen molar-refractivity contribution in [2.45, 2.75) is 20.3 Å². The number of rotatable bonds is 3. The number of aryl methyl sites for hydroxylation is 2. The Labute approximate surface area is 119 Å². The van der Waals surface area contributed by atoms with E-state index in [2.05, 4.69) is 15.1 Å². The maximum atomic E-state index is 10.0. The Morgan fingerprint density at radius 2 is 2.10 bits per heavy atom. The van der Waals surface area contributed by atoms with Crippen molar-refractivity contribution in [2.75, 3.05) is 0 Å². The molecule has 102 valence electrons. The second-order valence-electron chi connectivity index (χ2n) is 4.55. The molecule has 0 bridgehead atoms. The van der Waals surface area contributed by atoms with E-state index in [1.165, 1.54) is 0 Å². The lowest BCUT2D eigenvalue weighted by atomic mass is 10.1. The molecule has 0 saturated heterocycles. The predicted molar refractivity (Wildman–Crippen MR) is 75.8 cm³/mol. The quantitative estimate of drug-likeness (QED) is 0.801. The molecule has 1 N–H and O–H groups in total. The largest absolute Gasteiger partial charge is 0.507 e. The molecule has 3 rings (SSSR count). The van der Waals surface area contributed by atoms with Crippen LogP contribution in [0.3, 0.4) is 0 Å². The average molecular weight is 287 g/mol. The van der Waals surface area contributed by atoms with Crippen LogP contribution in [0.1, 0.15) is 22.1 Å². The monoisotopic (exact) mass is 287 g/mol. The molecule has 0 radical (unpaired) electrons. The molecule has 2 aromatic heterocycles. The number of nitrogens with zero attached hydrogens (tertiary/aromatic N) is 3. The van der Waals surface area contributed by atoms with Crippen molar-refractivity contribution in [1.29, 1.82) is 0 Å². The minimum absolute atomic E-state index is 0.174. The normalized spacial score (nSPS) is 10.9. The van der Waals surface area contributed by atoms with Gasteiger partial charge in [-0.3, -0.25) is 0 Å². The summed E-state index contributed by atoms with van der Waals surface area (Å²) in [5.74, 6) is 1.07. The van der Waals surface area contributed by atoms with E-state index in [1.54, 1.807) is 17.4 Å². The summed E-state index contributed by atoms with van der Waals surface area (Å²) in [6, 6.07) is 5.43. The molecule has 5 nitrogen and oxygen atoms in total. The summed E-state index contributed by atoms with van der Waals surface area (Å²) in [5, 5.41) is 16.9. The minimum Gasteiger partial charge on any atom is -0.507 e. The van der Waals surface area contributed by atoms with E-state index in [9.17, 15) is 5.11 Å². The lowest BCUT2D eigenvalue weighted by Gasteiger charge is -2.01. The molecule has 2 heterocycles. The molecular formula is C14H13N3O2S. The highest BCUT2D eigenvalue weighted by Gasteiger charge is 2.14. The van der Waals surface area contributed by atoms with Gasteiger partial charge in [0.15, 0.2) is 5.82 Å². The molecule has 0 unspecified atom stereocenters. The summed E-state index contributed by atoms with van der Waals surface area (Å²) < 4.78 is 5.22. The molecule has 0 amide bonds. The first-order chi connectivity index (χ1) is 9.63. The van der Waals surface area contributed by atoms with Crippen LogP contribution in [0.5, 0.6) is 5.75 Å². The third-order valence-corrected chi connectivity index (χ3v) is 3.88. The van der Waals surface area contributed by atoms with Crippen molar-refractivity contribution < 1.29 is 9.63 Å². The van der Waals surface area contributed by atoms with Gasteiger partial charge in [-0.25, -0.2) is 4.98 Å². The lowest BCUT2D eigenvalue weighted by molar-refractivity contribution is 0.418. The van der Waals surface area contributed by atoms with Crippen LogP contribution in [0.2, 0.25) is 0 Å². The van der Waals surface area contributed by atoms with E-state index >= 15 is 0 Å². The van der Waals surface area contributed by atoms with Gasteiger partial charge in [0.2, 0.25) is 0 Å². The van der Waals surface area contributed by atoms with Crippen LogP contribution in [0.25, 0.3) is 11.5 Å². The number of aromatic nitrogens is 3. The topological polar surface area (TPSA) is 72.0 Å². The van der Waals surface area contributed by atoms with Crippen LogP contribution in [0.4, 0.5) is 0 Å². The highest BCUT2D eigenvalue weighted by Crippen LogP contribution is 2.30. The first-order valence-electron chi connectivity index (χ1n) is 6.16. The maximum absolute atomic E-state index is 10.0. The van der Waals surface area contributed by atoms with Crippen LogP contribution >= 0.6 is 11.3 Å². The molecule has 3 aromatic rings. The van der Waals surface area contributed by atoms with Gasteiger partial charge in [0.25, 0.3) is 5.89 Å². The average Bonchev–Trinajstić information content (AvgIpc) is 3.03. The van der Waals surface area contributed by atoms with Crippen molar-refractivity contribution >= 4 is 11.3 Å². The zero-order valence-corrected chi connectivity index (χ0v) is 11.9. The van der Waals surface area contributed by atoms with Gasteiger partial charge in [-0.1, -0.05) is 17.3 Å². The van der Waals surface area contributed by atoms with Crippen LogP contribution in [-0.2, 0) is 6.42 Å². The van der Waals surface area contributed by atoms with Crippen LogP contribution in [-0.4, -0.2) is 20.2 Å². The van der Waals surface area contributed by atoms with E-state index in [0.29, 0.717) is 23.7 Å². The van der Waals surface area contributed by atoms with Gasteiger partial charge in [-0.05, 0) is 25.5 Å². The SMILES string of the molecule is Cc1csc(Cc2noc(-c3cccc(C)c3O)n2)n1. The molecule has 6 heteroatoms. The van der Waals surface area contributed by atoms with Gasteiger partial charge >= 0.3 is 0 Å². The van der Waals surface area contributed by atoms with Crippen molar-refractivity contribution in [1.82, 2.24) is 15.1 Å². The minimum atomic E-state index is 0.174. The Balaban J connectivity index is 1.88. The first kappa shape index (κ1) is 12.8. The molecule has 0 aliphatic carbocycles. The molecule has 0 fully saturated rings. The van der Waals surface area contributed by atoms with E-state index in [-0.39, 0.29) is 5.75 Å². The highest BCUT2D eigenvalue weighted by atomic mass is 32.1. The van der Waals surface area contributed by atoms with Crippen molar-refractivity contribution in [3.05, 3.63) is 45.7 Å². The second-order valence-corrected chi connectivity index (χ2v) is 5.49. The lowest BCUT2D eigenvalue weighted by Crippen LogP contribution is -1.90. The summed E-state index contributed by atoms with van der Waals surface area (Å²) in [6.07, 6.45) is 0.536. The Morgan fingerprint density at radius 1 is 1.25 bits per heavy atom. The number of para-hydroxylation sites is 1. The van der Waals surface area contributed by atoms with Crippen LogP contribution < -0.4 is 0 Å². The number of benzene rings is 1. The van der Waals surface area contributed by atoms with Crippen molar-refractivity contribution in [3.63, 3.8) is 0 Å². The predicted octanol–water partition coefficient (Wildman–Crippen LogP) is 3.11. The maximum Gasteiger partial charge on any atom is 0.261 e. The number of hydrogen-bond acceptors (Lipinski definition) is 6. The smallest absolute Gasteiger partial charge is 0.261 e. The van der Waals surface area contributed by atoms with Gasteiger partial charge in [0.05, 0.1) is 12.0 Å². The van der Waals surface area contributed by atoms with Crippen LogP contribution in [0, 0.1) is 13.8 Å². The number of thiazole rings is 1. The fraction of sp³-hybridized carbons (Fsp3) is 0.214. The number of phenolic OH excluding ortho intramolecular Hbond substituents is 1. The van der Waals surface area contributed by atoms with Gasteiger partial charge < -0.3 is 9.63 Å². The Kier molecular flexibility index (Phi) is 3.23. The van der Waals surface area contributed by atoms with Gasteiger partial charge in [-0.15, -0.1) is 11.3 Å². The number of phenols is 1. The van der Waals surface area contributed by atoms with E-state index in [1.807, 2.05) is 31.4 Å². The van der Waals surface area contributed by atoms with Gasteiger partial charge in [-0.2, -0.15) is 4.98 Å². The van der Waals surface area contributed by atoms with Gasteiger partial charge in [0.1, 0.15) is 10.8 Å². The molecule has 0 spiro atoms. The number of aromatic hydroxyl groups is 1. The zero-order chi connectivity index (χ0) is 14.1. The third-order valence-electron chi connectivity index (χ3n) is 2.91. The second kappa shape index (κ2) is 5.05. The van der Waals surface area contributed by atoms with E-state index < -0.39 is 0 Å². The fourth-order valence-corrected chi connectivity index (χ4v) is 2.65. The molecule has 0 aliphatic rings. The highest BCUT2D eigenvalue weighted by molar-refractivity contribution is 7.09. The van der Waals surface area contributed by atoms with Gasteiger partial charge in [0, 0.05) is 11.1 Å². The molecule has 20 heavy (non-hydrogen) atoms. The molecule has 0 aliphatic heterocycles. The zero-order valence-electron chi connectivity index (χ0n) is 11.1. The summed E-state index contributed by atoms with van der Waals surface area (Å²) in [6.45, 7) is 3.78. The summed E-state index contributed by atoms with van der Waals surface area (Å²) >= 11 is 1.57. The van der Waals surface area contributed by atoms with E-state index in [4.69, 9.17) is 4.52 Å². The van der Waals surface area contributed by atoms with E-state index in [0.717, 1.165) is 16.3 Å². The molecular weight excluding hydrogens is 274 g/mol. The van der Waals surface area contributed by atoms with Crippen molar-refractivity contribution in [3.8, 4) is 17.2 Å². The summed E-state index contributed by atoms with van der Waals surface area (Å²) in [5.41, 5.74) is 2.32. The summed E-state index contributed by atoms with van der Waals surface area (Å²) in [4.78, 5) is 8.68. The van der Waals surface area contributed by atoms with Crippen LogP contribution in [0.15, 0.2) is 28.1 Å². The van der Waals surface area contributed by atoms with Crippen molar-refractivity contribution in [2.24, 2.45) is 0 Å². The fourth-order valence-electron chi connectivity index (χ4n) is 1.89. The third kappa shape index (κ3) is 2.42.